The molecule has 0 heterocycles. The van der Waals surface area contributed by atoms with Crippen molar-refractivity contribution in [3.8, 4) is 11.5 Å². The standard InChI is InChI=1S/C20H24N2O4S/c1-3-25-12-13-26-18-7-5-4-6-17(18)21-20(27)22-19(23)14-15-8-10-16(24-2)11-9-15/h4-11H,3,12-14H2,1-2H3,(H2,21,22,23,27). The molecular formula is C20H24N2O4S. The molecule has 2 rings (SSSR count). The largest absolute Gasteiger partial charge is 0.497 e. The topological polar surface area (TPSA) is 68.8 Å². The van der Waals surface area contributed by atoms with Crippen molar-refractivity contribution in [1.82, 2.24) is 5.32 Å². The molecule has 0 unspecified atom stereocenters. The molecule has 0 saturated heterocycles. The van der Waals surface area contributed by atoms with Crippen LogP contribution in [0.3, 0.4) is 0 Å². The summed E-state index contributed by atoms with van der Waals surface area (Å²) in [5.74, 6) is 1.19. The van der Waals surface area contributed by atoms with Crippen LogP contribution in [0.1, 0.15) is 12.5 Å². The van der Waals surface area contributed by atoms with E-state index in [1.807, 2.05) is 55.5 Å². The van der Waals surface area contributed by atoms with Gasteiger partial charge in [-0.25, -0.2) is 0 Å². The maximum Gasteiger partial charge on any atom is 0.230 e. The van der Waals surface area contributed by atoms with E-state index in [4.69, 9.17) is 26.4 Å². The van der Waals surface area contributed by atoms with E-state index in [-0.39, 0.29) is 17.4 Å². The summed E-state index contributed by atoms with van der Waals surface area (Å²) < 4.78 is 16.1. The zero-order valence-electron chi connectivity index (χ0n) is 15.5. The Kier molecular flexibility index (Phi) is 8.54. The van der Waals surface area contributed by atoms with Crippen molar-refractivity contribution in [2.24, 2.45) is 0 Å². The van der Waals surface area contributed by atoms with Crippen molar-refractivity contribution in [1.29, 1.82) is 0 Å². The van der Waals surface area contributed by atoms with Crippen molar-refractivity contribution in [2.75, 3.05) is 32.2 Å². The molecule has 2 N–H and O–H groups in total. The van der Waals surface area contributed by atoms with E-state index in [0.717, 1.165) is 11.3 Å². The van der Waals surface area contributed by atoms with Gasteiger partial charge >= 0.3 is 0 Å². The number of nitrogens with one attached hydrogen (secondary N) is 2. The zero-order valence-corrected chi connectivity index (χ0v) is 16.3. The van der Waals surface area contributed by atoms with Crippen LogP contribution >= 0.6 is 12.2 Å². The van der Waals surface area contributed by atoms with Gasteiger partial charge in [-0.05, 0) is 49.0 Å². The molecule has 2 aromatic rings. The Labute approximate surface area is 164 Å². The number of anilines is 1. The number of thiocarbonyl (C=S) groups is 1. The van der Waals surface area contributed by atoms with Gasteiger partial charge < -0.3 is 24.8 Å². The minimum atomic E-state index is -0.201. The number of methoxy groups -OCH3 is 1. The molecule has 7 heteroatoms. The lowest BCUT2D eigenvalue weighted by atomic mass is 10.1. The summed E-state index contributed by atoms with van der Waals surface area (Å²) in [6, 6.07) is 14.7. The van der Waals surface area contributed by atoms with Crippen LogP contribution in [0.5, 0.6) is 11.5 Å². The van der Waals surface area contributed by atoms with Crippen molar-refractivity contribution in [3.05, 3.63) is 54.1 Å². The van der Waals surface area contributed by atoms with E-state index >= 15 is 0 Å². The first kappa shape index (κ1) is 20.7. The van der Waals surface area contributed by atoms with Gasteiger partial charge in [-0.15, -0.1) is 0 Å². The molecule has 0 aliphatic rings. The molecule has 0 spiro atoms. The lowest BCUT2D eigenvalue weighted by Gasteiger charge is -2.14. The maximum absolute atomic E-state index is 12.2. The number of rotatable bonds is 9. The lowest BCUT2D eigenvalue weighted by Crippen LogP contribution is -2.35. The van der Waals surface area contributed by atoms with Crippen molar-refractivity contribution in [3.63, 3.8) is 0 Å². The van der Waals surface area contributed by atoms with E-state index in [1.54, 1.807) is 7.11 Å². The van der Waals surface area contributed by atoms with Gasteiger partial charge in [0.1, 0.15) is 18.1 Å². The SMILES string of the molecule is CCOCCOc1ccccc1NC(=S)NC(=O)Cc1ccc(OC)cc1. The molecule has 0 bridgehead atoms. The van der Waals surface area contributed by atoms with Gasteiger partial charge in [0.2, 0.25) is 5.91 Å². The van der Waals surface area contributed by atoms with Crippen molar-refractivity contribution in [2.45, 2.75) is 13.3 Å². The summed E-state index contributed by atoms with van der Waals surface area (Å²) in [6.07, 6.45) is 0.221. The van der Waals surface area contributed by atoms with Crippen LogP contribution in [-0.2, 0) is 16.0 Å². The Morgan fingerprint density at radius 3 is 2.52 bits per heavy atom. The van der Waals surface area contributed by atoms with Gasteiger partial charge in [-0.1, -0.05) is 24.3 Å². The molecule has 0 radical (unpaired) electrons. The second-order valence-electron chi connectivity index (χ2n) is 5.57. The zero-order chi connectivity index (χ0) is 19.5. The fourth-order valence-electron chi connectivity index (χ4n) is 2.30. The summed E-state index contributed by atoms with van der Waals surface area (Å²) in [7, 11) is 1.60. The summed E-state index contributed by atoms with van der Waals surface area (Å²) in [4.78, 5) is 12.2. The number of ether oxygens (including phenoxy) is 3. The first-order valence-electron chi connectivity index (χ1n) is 8.65. The quantitative estimate of drug-likeness (QED) is 0.508. The second-order valence-corrected chi connectivity index (χ2v) is 5.98. The van der Waals surface area contributed by atoms with Gasteiger partial charge in [0.05, 0.1) is 25.8 Å². The number of carbonyl (C=O) groups is 1. The van der Waals surface area contributed by atoms with Crippen LogP contribution in [0.25, 0.3) is 0 Å². The minimum absolute atomic E-state index is 0.201. The lowest BCUT2D eigenvalue weighted by molar-refractivity contribution is -0.119. The average Bonchev–Trinajstić information content (AvgIpc) is 2.67. The smallest absolute Gasteiger partial charge is 0.230 e. The van der Waals surface area contributed by atoms with Crippen LogP contribution < -0.4 is 20.1 Å². The summed E-state index contributed by atoms with van der Waals surface area (Å²) in [5.41, 5.74) is 1.56. The van der Waals surface area contributed by atoms with Crippen LogP contribution in [-0.4, -0.2) is 38.0 Å². The number of hydrogen-bond donors (Lipinski definition) is 2. The third kappa shape index (κ3) is 7.24. The Bertz CT molecular complexity index is 750. The highest BCUT2D eigenvalue weighted by molar-refractivity contribution is 7.80. The molecule has 144 valence electrons. The molecule has 27 heavy (non-hydrogen) atoms. The Morgan fingerprint density at radius 1 is 1.07 bits per heavy atom. The normalized spacial score (nSPS) is 10.1. The van der Waals surface area contributed by atoms with Gasteiger partial charge in [0.25, 0.3) is 0 Å². The summed E-state index contributed by atoms with van der Waals surface area (Å²) in [5, 5.41) is 5.90. The van der Waals surface area contributed by atoms with E-state index in [1.165, 1.54) is 0 Å². The van der Waals surface area contributed by atoms with Crippen LogP contribution in [0.4, 0.5) is 5.69 Å². The molecule has 0 atom stereocenters. The number of hydrogen-bond acceptors (Lipinski definition) is 5. The average molecular weight is 388 g/mol. The highest BCUT2D eigenvalue weighted by Gasteiger charge is 2.09. The third-order valence-corrected chi connectivity index (χ3v) is 3.81. The van der Waals surface area contributed by atoms with E-state index in [2.05, 4.69) is 10.6 Å². The summed E-state index contributed by atoms with van der Waals surface area (Å²) in [6.45, 7) is 3.52. The minimum Gasteiger partial charge on any atom is -0.497 e. The highest BCUT2D eigenvalue weighted by Crippen LogP contribution is 2.23. The van der Waals surface area contributed by atoms with E-state index in [0.29, 0.717) is 31.3 Å². The van der Waals surface area contributed by atoms with Gasteiger partial charge in [0, 0.05) is 6.61 Å². The number of carbonyl (C=O) groups excluding carboxylic acids is 1. The molecule has 0 aliphatic carbocycles. The van der Waals surface area contributed by atoms with Gasteiger partial charge in [-0.2, -0.15) is 0 Å². The van der Waals surface area contributed by atoms with E-state index in [9.17, 15) is 4.79 Å². The third-order valence-electron chi connectivity index (χ3n) is 3.60. The predicted octanol–water partition coefficient (Wildman–Crippen LogP) is 3.17. The molecule has 6 nitrogen and oxygen atoms in total. The van der Waals surface area contributed by atoms with E-state index < -0.39 is 0 Å². The molecule has 0 aromatic heterocycles. The second kappa shape index (κ2) is 11.2. The Balaban J connectivity index is 1.86. The van der Waals surface area contributed by atoms with Crippen molar-refractivity contribution < 1.29 is 19.0 Å². The molecular weight excluding hydrogens is 364 g/mol. The highest BCUT2D eigenvalue weighted by atomic mass is 32.1. The fraction of sp³-hybridized carbons (Fsp3) is 0.300. The molecule has 0 aliphatic heterocycles. The Hall–Kier alpha value is -2.64. The van der Waals surface area contributed by atoms with Crippen LogP contribution in [0, 0.1) is 0 Å². The number of benzene rings is 2. The monoisotopic (exact) mass is 388 g/mol. The predicted molar refractivity (Wildman–Crippen MR) is 109 cm³/mol. The van der Waals surface area contributed by atoms with Gasteiger partial charge in [-0.3, -0.25) is 4.79 Å². The van der Waals surface area contributed by atoms with Crippen LogP contribution in [0.2, 0.25) is 0 Å². The number of para-hydroxylation sites is 2. The summed E-state index contributed by atoms with van der Waals surface area (Å²) >= 11 is 5.24. The van der Waals surface area contributed by atoms with Gasteiger partial charge in [0.15, 0.2) is 5.11 Å². The van der Waals surface area contributed by atoms with Crippen LogP contribution in [0.15, 0.2) is 48.5 Å². The van der Waals surface area contributed by atoms with Crippen molar-refractivity contribution >= 4 is 28.9 Å². The first-order chi connectivity index (χ1) is 13.1. The number of amides is 1. The fourth-order valence-corrected chi connectivity index (χ4v) is 2.53. The molecule has 0 fully saturated rings. The molecule has 0 saturated carbocycles. The first-order valence-corrected chi connectivity index (χ1v) is 9.06. The maximum atomic E-state index is 12.2. The Morgan fingerprint density at radius 2 is 1.81 bits per heavy atom. The molecule has 1 amide bonds. The molecule has 2 aromatic carbocycles.